The fourth-order valence-electron chi connectivity index (χ4n) is 2.04. The monoisotopic (exact) mass is 235 g/mol. The van der Waals surface area contributed by atoms with Crippen LogP contribution in [0, 0.1) is 0 Å². The van der Waals surface area contributed by atoms with Gasteiger partial charge in [0.05, 0.1) is 32.0 Å². The first kappa shape index (κ1) is 12.6. The molecule has 2 rings (SSSR count). The summed E-state index contributed by atoms with van der Waals surface area (Å²) in [7, 11) is 1.97. The summed E-state index contributed by atoms with van der Waals surface area (Å²) in [6.07, 6.45) is 0.267. The Labute approximate surface area is 103 Å². The minimum atomic E-state index is 0.253. The summed E-state index contributed by atoms with van der Waals surface area (Å²) < 4.78 is 11.1. The van der Waals surface area contributed by atoms with Crippen molar-refractivity contribution in [3.63, 3.8) is 0 Å². The number of rotatable bonds is 5. The normalized spacial score (nSPS) is 16.2. The fourth-order valence-corrected chi connectivity index (χ4v) is 2.04. The third-order valence-corrected chi connectivity index (χ3v) is 3.09. The SMILES string of the molecule is CNC(COC(C)C)c1ccc2c(c1)COC2. The molecule has 0 saturated heterocycles. The number of nitrogens with one attached hydrogen (secondary N) is 1. The van der Waals surface area contributed by atoms with E-state index in [1.165, 1.54) is 16.7 Å². The van der Waals surface area contributed by atoms with Gasteiger partial charge in [-0.2, -0.15) is 0 Å². The first-order valence-electron chi connectivity index (χ1n) is 6.19. The molecule has 0 spiro atoms. The quantitative estimate of drug-likeness (QED) is 0.850. The Balaban J connectivity index is 2.08. The number of hydrogen-bond acceptors (Lipinski definition) is 3. The number of fused-ring (bicyclic) bond motifs is 1. The van der Waals surface area contributed by atoms with Gasteiger partial charge in [0.15, 0.2) is 0 Å². The van der Waals surface area contributed by atoms with Gasteiger partial charge in [0, 0.05) is 0 Å². The van der Waals surface area contributed by atoms with Gasteiger partial charge in [-0.1, -0.05) is 18.2 Å². The van der Waals surface area contributed by atoms with Crippen molar-refractivity contribution >= 4 is 0 Å². The lowest BCUT2D eigenvalue weighted by Gasteiger charge is -2.19. The zero-order valence-corrected chi connectivity index (χ0v) is 10.8. The van der Waals surface area contributed by atoms with Crippen molar-refractivity contribution in [2.24, 2.45) is 0 Å². The second-order valence-corrected chi connectivity index (χ2v) is 4.74. The summed E-state index contributed by atoms with van der Waals surface area (Å²) in [5.41, 5.74) is 3.90. The standard InChI is InChI=1S/C14H21NO2/c1-10(2)17-9-14(15-3)11-4-5-12-7-16-8-13(12)6-11/h4-6,10,14-15H,7-9H2,1-3H3. The highest BCUT2D eigenvalue weighted by Crippen LogP contribution is 2.24. The molecule has 0 aliphatic carbocycles. The molecule has 1 N–H and O–H groups in total. The second-order valence-electron chi connectivity index (χ2n) is 4.74. The third-order valence-electron chi connectivity index (χ3n) is 3.09. The van der Waals surface area contributed by atoms with Gasteiger partial charge >= 0.3 is 0 Å². The summed E-state index contributed by atoms with van der Waals surface area (Å²) in [5, 5.41) is 3.30. The van der Waals surface area contributed by atoms with Crippen LogP contribution in [0.5, 0.6) is 0 Å². The van der Waals surface area contributed by atoms with Gasteiger partial charge in [-0.05, 0) is 37.6 Å². The number of ether oxygens (including phenoxy) is 2. The first-order chi connectivity index (χ1) is 8.20. The summed E-state index contributed by atoms with van der Waals surface area (Å²) in [6.45, 7) is 6.31. The smallest absolute Gasteiger partial charge is 0.0725 e. The molecule has 1 aliphatic heterocycles. The van der Waals surface area contributed by atoms with Gasteiger partial charge in [0.2, 0.25) is 0 Å². The predicted octanol–water partition coefficient (Wildman–Crippen LogP) is 2.40. The summed E-state index contributed by atoms with van der Waals surface area (Å²) in [5.74, 6) is 0. The van der Waals surface area contributed by atoms with Crippen LogP contribution in [0.2, 0.25) is 0 Å². The zero-order chi connectivity index (χ0) is 12.3. The average Bonchev–Trinajstić information content (AvgIpc) is 2.76. The molecule has 0 aromatic heterocycles. The topological polar surface area (TPSA) is 30.5 Å². The Hall–Kier alpha value is -0.900. The van der Waals surface area contributed by atoms with E-state index in [1.54, 1.807) is 0 Å². The highest BCUT2D eigenvalue weighted by atomic mass is 16.5. The minimum Gasteiger partial charge on any atom is -0.377 e. The van der Waals surface area contributed by atoms with Crippen LogP contribution in [0.25, 0.3) is 0 Å². The molecule has 0 fully saturated rings. The maximum atomic E-state index is 5.67. The summed E-state index contributed by atoms with van der Waals surface area (Å²) >= 11 is 0. The second kappa shape index (κ2) is 5.63. The molecule has 0 amide bonds. The average molecular weight is 235 g/mol. The van der Waals surface area contributed by atoms with Crippen LogP contribution in [-0.4, -0.2) is 19.8 Å². The molecule has 94 valence electrons. The van der Waals surface area contributed by atoms with Gasteiger partial charge < -0.3 is 14.8 Å². The van der Waals surface area contributed by atoms with E-state index in [0.29, 0.717) is 6.61 Å². The Kier molecular flexibility index (Phi) is 4.15. The van der Waals surface area contributed by atoms with Gasteiger partial charge in [-0.3, -0.25) is 0 Å². The third kappa shape index (κ3) is 3.06. The van der Waals surface area contributed by atoms with Crippen molar-refractivity contribution in [2.45, 2.75) is 39.2 Å². The molecule has 1 unspecified atom stereocenters. The van der Waals surface area contributed by atoms with E-state index in [1.807, 2.05) is 7.05 Å². The van der Waals surface area contributed by atoms with Crippen molar-refractivity contribution in [1.29, 1.82) is 0 Å². The molecule has 0 radical (unpaired) electrons. The van der Waals surface area contributed by atoms with Gasteiger partial charge in [0.25, 0.3) is 0 Å². The van der Waals surface area contributed by atoms with E-state index in [9.17, 15) is 0 Å². The molecule has 17 heavy (non-hydrogen) atoms. The highest BCUT2D eigenvalue weighted by Gasteiger charge is 2.15. The Morgan fingerprint density at radius 1 is 1.29 bits per heavy atom. The van der Waals surface area contributed by atoms with Crippen LogP contribution in [-0.2, 0) is 22.7 Å². The summed E-state index contributed by atoms with van der Waals surface area (Å²) in [4.78, 5) is 0. The highest BCUT2D eigenvalue weighted by molar-refractivity contribution is 5.34. The molecule has 1 atom stereocenters. The van der Waals surface area contributed by atoms with E-state index >= 15 is 0 Å². The zero-order valence-electron chi connectivity index (χ0n) is 10.8. The molecule has 0 bridgehead atoms. The largest absolute Gasteiger partial charge is 0.377 e. The maximum absolute atomic E-state index is 5.67. The lowest BCUT2D eigenvalue weighted by atomic mass is 10.0. The number of hydrogen-bond donors (Lipinski definition) is 1. The van der Waals surface area contributed by atoms with Crippen LogP contribution < -0.4 is 5.32 Å². The first-order valence-corrected chi connectivity index (χ1v) is 6.19. The van der Waals surface area contributed by atoms with Crippen molar-refractivity contribution in [3.05, 3.63) is 34.9 Å². The Morgan fingerprint density at radius 3 is 2.76 bits per heavy atom. The van der Waals surface area contributed by atoms with Crippen molar-refractivity contribution < 1.29 is 9.47 Å². The van der Waals surface area contributed by atoms with Gasteiger partial charge in [0.1, 0.15) is 0 Å². The van der Waals surface area contributed by atoms with Gasteiger partial charge in [-0.15, -0.1) is 0 Å². The van der Waals surface area contributed by atoms with E-state index < -0.39 is 0 Å². The van der Waals surface area contributed by atoms with E-state index in [2.05, 4.69) is 37.4 Å². The number of benzene rings is 1. The van der Waals surface area contributed by atoms with Crippen molar-refractivity contribution in [3.8, 4) is 0 Å². The molecule has 1 heterocycles. The summed E-state index contributed by atoms with van der Waals surface area (Å²) in [6, 6.07) is 6.81. The van der Waals surface area contributed by atoms with Crippen LogP contribution in [0.4, 0.5) is 0 Å². The molecule has 1 aromatic carbocycles. The van der Waals surface area contributed by atoms with Crippen molar-refractivity contribution in [2.75, 3.05) is 13.7 Å². The molecular weight excluding hydrogens is 214 g/mol. The molecule has 1 aromatic rings. The molecule has 1 aliphatic rings. The Bertz CT molecular complexity index is 376. The van der Waals surface area contributed by atoms with E-state index in [4.69, 9.17) is 9.47 Å². The van der Waals surface area contributed by atoms with Crippen LogP contribution in [0.15, 0.2) is 18.2 Å². The lowest BCUT2D eigenvalue weighted by molar-refractivity contribution is 0.0626. The Morgan fingerprint density at radius 2 is 2.06 bits per heavy atom. The van der Waals surface area contributed by atoms with Crippen LogP contribution in [0.1, 0.15) is 36.6 Å². The maximum Gasteiger partial charge on any atom is 0.0725 e. The van der Waals surface area contributed by atoms with E-state index in [0.717, 1.165) is 13.2 Å². The van der Waals surface area contributed by atoms with Crippen molar-refractivity contribution in [1.82, 2.24) is 5.32 Å². The predicted molar refractivity (Wildman–Crippen MR) is 67.8 cm³/mol. The molecular formula is C14H21NO2. The minimum absolute atomic E-state index is 0.253. The molecule has 0 saturated carbocycles. The number of likely N-dealkylation sites (N-methyl/N-ethyl adjacent to an activating group) is 1. The van der Waals surface area contributed by atoms with E-state index in [-0.39, 0.29) is 12.1 Å². The lowest BCUT2D eigenvalue weighted by Crippen LogP contribution is -2.23. The fraction of sp³-hybridized carbons (Fsp3) is 0.571. The van der Waals surface area contributed by atoms with Gasteiger partial charge in [-0.25, -0.2) is 0 Å². The van der Waals surface area contributed by atoms with Crippen LogP contribution in [0.3, 0.4) is 0 Å². The van der Waals surface area contributed by atoms with Crippen LogP contribution >= 0.6 is 0 Å². The molecule has 3 heteroatoms. The molecule has 3 nitrogen and oxygen atoms in total.